The summed E-state index contributed by atoms with van der Waals surface area (Å²) >= 11 is 0. The molecule has 1 atom stereocenters. The number of hydrogen-bond acceptors (Lipinski definition) is 4. The summed E-state index contributed by atoms with van der Waals surface area (Å²) < 4.78 is 0. The van der Waals surface area contributed by atoms with E-state index in [0.717, 1.165) is 25.0 Å². The molecule has 0 aliphatic carbocycles. The van der Waals surface area contributed by atoms with E-state index < -0.39 is 5.97 Å². The first kappa shape index (κ1) is 16.4. The van der Waals surface area contributed by atoms with Gasteiger partial charge in [-0.15, -0.1) is 0 Å². The predicted octanol–water partition coefficient (Wildman–Crippen LogP) is 2.21. The lowest BCUT2D eigenvalue weighted by atomic mass is 9.96. The van der Waals surface area contributed by atoms with Crippen molar-refractivity contribution in [2.45, 2.75) is 58.4 Å². The molecule has 1 amide bonds. The van der Waals surface area contributed by atoms with Crippen LogP contribution in [0.1, 0.15) is 60.8 Å². The molecule has 120 valence electrons. The molecule has 0 bridgehead atoms. The predicted molar refractivity (Wildman–Crippen MR) is 81.7 cm³/mol. The molecule has 1 aromatic heterocycles. The molecule has 1 N–H and O–H groups in total. The minimum absolute atomic E-state index is 0.00975. The fraction of sp³-hybridized carbons (Fsp3) is 0.625. The van der Waals surface area contributed by atoms with Gasteiger partial charge in [-0.1, -0.05) is 6.92 Å². The summed E-state index contributed by atoms with van der Waals surface area (Å²) in [6.45, 7) is 4.46. The van der Waals surface area contributed by atoms with E-state index in [2.05, 4.69) is 10.2 Å². The van der Waals surface area contributed by atoms with Crippen LogP contribution in [0, 0.1) is 6.92 Å². The Morgan fingerprint density at radius 3 is 2.82 bits per heavy atom. The quantitative estimate of drug-likeness (QED) is 0.901. The number of carboxylic acid groups (broad SMARTS) is 1. The van der Waals surface area contributed by atoms with Crippen LogP contribution in [0.25, 0.3) is 0 Å². The molecule has 6 nitrogen and oxygen atoms in total. The van der Waals surface area contributed by atoms with E-state index in [4.69, 9.17) is 5.11 Å². The number of amides is 1. The maximum absolute atomic E-state index is 12.9. The average molecular weight is 305 g/mol. The van der Waals surface area contributed by atoms with Crippen LogP contribution in [0.2, 0.25) is 0 Å². The lowest BCUT2D eigenvalue weighted by Crippen LogP contribution is -2.44. The van der Waals surface area contributed by atoms with Gasteiger partial charge in [-0.3, -0.25) is 9.59 Å². The zero-order valence-electron chi connectivity index (χ0n) is 13.2. The molecule has 0 saturated carbocycles. The van der Waals surface area contributed by atoms with E-state index in [1.54, 1.807) is 6.07 Å². The Hall–Kier alpha value is -1.98. The summed E-state index contributed by atoms with van der Waals surface area (Å²) in [7, 11) is 0. The van der Waals surface area contributed by atoms with Gasteiger partial charge in [0.1, 0.15) is 0 Å². The number of aliphatic carboxylic acids is 1. The molecule has 1 aliphatic rings. The fourth-order valence-electron chi connectivity index (χ4n) is 2.97. The Labute approximate surface area is 130 Å². The molecule has 6 heteroatoms. The summed E-state index contributed by atoms with van der Waals surface area (Å²) in [5.74, 6) is -0.849. The highest BCUT2D eigenvalue weighted by Crippen LogP contribution is 2.24. The largest absolute Gasteiger partial charge is 0.481 e. The number of hydrogen-bond donors (Lipinski definition) is 1. The summed E-state index contributed by atoms with van der Waals surface area (Å²) in [4.78, 5) is 25.5. The third kappa shape index (κ3) is 3.81. The second-order valence-electron chi connectivity index (χ2n) is 5.78. The van der Waals surface area contributed by atoms with Crippen LogP contribution < -0.4 is 0 Å². The molecule has 22 heavy (non-hydrogen) atoms. The van der Waals surface area contributed by atoms with Crippen molar-refractivity contribution in [3.63, 3.8) is 0 Å². The van der Waals surface area contributed by atoms with Crippen LogP contribution in [0.5, 0.6) is 0 Å². The minimum Gasteiger partial charge on any atom is -0.481 e. The Kier molecular flexibility index (Phi) is 5.46. The van der Waals surface area contributed by atoms with Gasteiger partial charge in [0, 0.05) is 19.0 Å². The van der Waals surface area contributed by atoms with Crippen molar-refractivity contribution in [1.29, 1.82) is 0 Å². The highest BCUT2D eigenvalue weighted by Gasteiger charge is 2.29. The number of nitrogens with zero attached hydrogens (tertiary/aromatic N) is 3. The number of rotatable bonds is 5. The number of carbonyl (C=O) groups is 2. The minimum atomic E-state index is -0.811. The van der Waals surface area contributed by atoms with Gasteiger partial charge in [0.2, 0.25) is 0 Å². The first-order valence-corrected chi connectivity index (χ1v) is 7.89. The highest BCUT2D eigenvalue weighted by molar-refractivity contribution is 5.95. The Morgan fingerprint density at radius 1 is 1.36 bits per heavy atom. The first-order valence-electron chi connectivity index (χ1n) is 7.89. The van der Waals surface area contributed by atoms with Crippen LogP contribution in [0.15, 0.2) is 6.07 Å². The number of carbonyl (C=O) groups excluding carboxylic acids is 1. The Morgan fingerprint density at radius 2 is 2.14 bits per heavy atom. The average Bonchev–Trinajstić information content (AvgIpc) is 2.52. The zero-order valence-corrected chi connectivity index (χ0v) is 13.2. The topological polar surface area (TPSA) is 83.4 Å². The molecule has 0 spiro atoms. The van der Waals surface area contributed by atoms with E-state index in [1.165, 1.54) is 0 Å². The summed E-state index contributed by atoms with van der Waals surface area (Å²) in [5.41, 5.74) is 2.04. The molecule has 1 aliphatic heterocycles. The first-order chi connectivity index (χ1) is 10.5. The van der Waals surface area contributed by atoms with Gasteiger partial charge >= 0.3 is 5.97 Å². The van der Waals surface area contributed by atoms with Gasteiger partial charge in [0.05, 0.1) is 17.0 Å². The summed E-state index contributed by atoms with van der Waals surface area (Å²) in [6, 6.07) is 1.80. The number of piperidine rings is 1. The molecule has 0 aromatic carbocycles. The highest BCUT2D eigenvalue weighted by atomic mass is 16.4. The van der Waals surface area contributed by atoms with Crippen molar-refractivity contribution in [3.8, 4) is 0 Å². The van der Waals surface area contributed by atoms with Gasteiger partial charge in [-0.05, 0) is 45.1 Å². The molecule has 0 radical (unpaired) electrons. The maximum Gasteiger partial charge on any atom is 0.303 e. The van der Waals surface area contributed by atoms with Crippen molar-refractivity contribution < 1.29 is 14.7 Å². The van der Waals surface area contributed by atoms with E-state index in [0.29, 0.717) is 30.6 Å². The lowest BCUT2D eigenvalue weighted by Gasteiger charge is -2.36. The lowest BCUT2D eigenvalue weighted by molar-refractivity contribution is -0.137. The van der Waals surface area contributed by atoms with Gasteiger partial charge in [-0.25, -0.2) is 0 Å². The van der Waals surface area contributed by atoms with E-state index in [9.17, 15) is 9.59 Å². The SMILES string of the molecule is CCc1nnc(C)cc1C(=O)N1CCCCC1CCC(=O)O. The Balaban J connectivity index is 2.21. The smallest absolute Gasteiger partial charge is 0.303 e. The third-order valence-electron chi connectivity index (χ3n) is 4.14. The van der Waals surface area contributed by atoms with Gasteiger partial charge in [0.25, 0.3) is 5.91 Å². The standard InChI is InChI=1S/C16H23N3O3/c1-3-14-13(10-11(2)17-18-14)16(22)19-9-5-4-6-12(19)7-8-15(20)21/h10,12H,3-9H2,1-2H3,(H,20,21). The molecule has 1 unspecified atom stereocenters. The van der Waals surface area contributed by atoms with E-state index in [1.807, 2.05) is 18.7 Å². The van der Waals surface area contributed by atoms with Crippen LogP contribution in [-0.4, -0.2) is 44.7 Å². The monoisotopic (exact) mass is 305 g/mol. The normalized spacial score (nSPS) is 18.3. The van der Waals surface area contributed by atoms with Crippen molar-refractivity contribution in [2.75, 3.05) is 6.54 Å². The fourth-order valence-corrected chi connectivity index (χ4v) is 2.97. The van der Waals surface area contributed by atoms with Crippen LogP contribution >= 0.6 is 0 Å². The third-order valence-corrected chi connectivity index (χ3v) is 4.14. The van der Waals surface area contributed by atoms with Crippen LogP contribution in [0.3, 0.4) is 0 Å². The van der Waals surface area contributed by atoms with Crippen molar-refractivity contribution in [3.05, 3.63) is 23.0 Å². The number of aromatic nitrogens is 2. The number of likely N-dealkylation sites (tertiary alicyclic amines) is 1. The van der Waals surface area contributed by atoms with Gasteiger partial charge < -0.3 is 10.0 Å². The molecule has 1 aromatic rings. The van der Waals surface area contributed by atoms with Crippen LogP contribution in [0.4, 0.5) is 0 Å². The summed E-state index contributed by atoms with van der Waals surface area (Å²) in [6.07, 6.45) is 4.15. The van der Waals surface area contributed by atoms with E-state index >= 15 is 0 Å². The van der Waals surface area contributed by atoms with E-state index in [-0.39, 0.29) is 18.4 Å². The second-order valence-corrected chi connectivity index (χ2v) is 5.78. The second kappa shape index (κ2) is 7.33. The Bertz CT molecular complexity index is 560. The molecular weight excluding hydrogens is 282 g/mol. The van der Waals surface area contributed by atoms with Gasteiger partial charge in [0.15, 0.2) is 0 Å². The zero-order chi connectivity index (χ0) is 16.1. The molecule has 2 rings (SSSR count). The summed E-state index contributed by atoms with van der Waals surface area (Å²) in [5, 5.41) is 17.0. The molecule has 2 heterocycles. The van der Waals surface area contributed by atoms with Crippen LogP contribution in [-0.2, 0) is 11.2 Å². The van der Waals surface area contributed by atoms with Crippen molar-refractivity contribution in [2.24, 2.45) is 0 Å². The molecular formula is C16H23N3O3. The number of carboxylic acids is 1. The number of aryl methyl sites for hydroxylation is 2. The molecule has 1 fully saturated rings. The van der Waals surface area contributed by atoms with Crippen molar-refractivity contribution in [1.82, 2.24) is 15.1 Å². The molecule has 1 saturated heterocycles. The van der Waals surface area contributed by atoms with Gasteiger partial charge in [-0.2, -0.15) is 10.2 Å². The maximum atomic E-state index is 12.9. The van der Waals surface area contributed by atoms with Crippen molar-refractivity contribution >= 4 is 11.9 Å².